The summed E-state index contributed by atoms with van der Waals surface area (Å²) in [5.41, 5.74) is 7.16. The molecule has 0 bridgehead atoms. The highest BCUT2D eigenvalue weighted by Gasteiger charge is 2.55. The Labute approximate surface area is 273 Å². The zero-order chi connectivity index (χ0) is 31.4. The summed E-state index contributed by atoms with van der Waals surface area (Å²) in [7, 11) is 0. The summed E-state index contributed by atoms with van der Waals surface area (Å²) >= 11 is 1.89. The van der Waals surface area contributed by atoms with E-state index in [0.29, 0.717) is 0 Å². The molecule has 0 aliphatic carbocycles. The zero-order valence-corrected chi connectivity index (χ0v) is 27.8. The maximum absolute atomic E-state index is 5.21. The van der Waals surface area contributed by atoms with Crippen LogP contribution in [0.25, 0.3) is 60.1 Å². The molecule has 2 aliphatic rings. The molecule has 46 heavy (non-hydrogen) atoms. The quantitative estimate of drug-likeness (QED) is 0.185. The van der Waals surface area contributed by atoms with Gasteiger partial charge in [-0.05, 0) is 36.4 Å². The number of pyridine rings is 2. The first-order valence-corrected chi connectivity index (χ1v) is 17.2. The van der Waals surface area contributed by atoms with Crippen molar-refractivity contribution in [3.8, 4) is 22.8 Å². The van der Waals surface area contributed by atoms with Gasteiger partial charge in [-0.3, -0.25) is 0 Å². The topological polar surface area (TPSA) is 38.5 Å². The first-order valence-electron chi connectivity index (χ1n) is 16.4. The zero-order valence-electron chi connectivity index (χ0n) is 27.0. The van der Waals surface area contributed by atoms with Gasteiger partial charge in [-0.15, -0.1) is 11.3 Å². The van der Waals surface area contributed by atoms with E-state index in [2.05, 4.69) is 152 Å². The van der Waals surface area contributed by atoms with E-state index in [1.807, 2.05) is 11.3 Å². The third-order valence-corrected chi connectivity index (χ3v) is 11.5. The van der Waals surface area contributed by atoms with Crippen LogP contribution in [0.1, 0.15) is 64.9 Å². The Morgan fingerprint density at radius 1 is 0.826 bits per heavy atom. The van der Waals surface area contributed by atoms with E-state index in [1.165, 1.54) is 53.5 Å². The molecule has 5 nitrogen and oxygen atoms in total. The summed E-state index contributed by atoms with van der Waals surface area (Å²) in [5, 5.41) is 9.14. The summed E-state index contributed by atoms with van der Waals surface area (Å²) in [6.07, 6.45) is 6.47. The van der Waals surface area contributed by atoms with E-state index >= 15 is 0 Å². The number of nitrogens with zero attached hydrogens (tertiary/aromatic N) is 5. The second-order valence-corrected chi connectivity index (χ2v) is 14.9. The Balaban J connectivity index is 1.44. The Morgan fingerprint density at radius 2 is 1.61 bits per heavy atom. The molecule has 1 unspecified atom stereocenters. The molecule has 7 aromatic rings. The summed E-state index contributed by atoms with van der Waals surface area (Å²) < 4.78 is 9.86. The fourth-order valence-corrected chi connectivity index (χ4v) is 9.22. The average molecular weight is 620 g/mol. The molecule has 0 fully saturated rings. The predicted molar refractivity (Wildman–Crippen MR) is 188 cm³/mol. The Kier molecular flexibility index (Phi) is 5.80. The van der Waals surface area contributed by atoms with Gasteiger partial charge in [0.05, 0.1) is 11.1 Å². The van der Waals surface area contributed by atoms with Crippen LogP contribution in [-0.2, 0) is 11.0 Å². The highest BCUT2D eigenvalue weighted by atomic mass is 32.1. The number of hydrogen-bond donors (Lipinski definition) is 0. The number of para-hydroxylation sites is 1. The SMILES string of the molecule is CCC1(CC)C(C2c3ccc4sc5ccccc5c4c3-c3ccc4ccccc4[n+]32)=Cn2nc(C(C)(C)C)nc2-c2cccc[n+]21. The maximum Gasteiger partial charge on any atom is 0.251 e. The van der Waals surface area contributed by atoms with Crippen LogP contribution < -0.4 is 9.13 Å². The molecule has 226 valence electrons. The molecule has 0 N–H and O–H groups in total. The second-order valence-electron chi connectivity index (χ2n) is 13.8. The van der Waals surface area contributed by atoms with Gasteiger partial charge in [0.2, 0.25) is 23.1 Å². The van der Waals surface area contributed by atoms with Crippen LogP contribution in [0, 0.1) is 0 Å². The van der Waals surface area contributed by atoms with Crippen LogP contribution in [0.4, 0.5) is 0 Å². The monoisotopic (exact) mass is 619 g/mol. The number of rotatable bonds is 3. The highest BCUT2D eigenvalue weighted by molar-refractivity contribution is 7.25. The van der Waals surface area contributed by atoms with Gasteiger partial charge < -0.3 is 0 Å². The first-order chi connectivity index (χ1) is 22.3. The Hall–Kier alpha value is -4.68. The van der Waals surface area contributed by atoms with Crippen LogP contribution in [-0.4, -0.2) is 14.8 Å². The van der Waals surface area contributed by atoms with Crippen molar-refractivity contribution in [3.05, 3.63) is 114 Å². The van der Waals surface area contributed by atoms with Crippen LogP contribution in [0.2, 0.25) is 0 Å². The van der Waals surface area contributed by atoms with Gasteiger partial charge in [-0.25, -0.2) is 9.67 Å². The van der Waals surface area contributed by atoms with Gasteiger partial charge in [-0.1, -0.05) is 65.0 Å². The van der Waals surface area contributed by atoms with Crippen molar-refractivity contribution in [1.29, 1.82) is 0 Å². The average Bonchev–Trinajstić information content (AvgIpc) is 3.75. The van der Waals surface area contributed by atoms with Crippen LogP contribution >= 0.6 is 11.3 Å². The fourth-order valence-electron chi connectivity index (χ4n) is 8.11. The standard InChI is InChI=1S/C40H37N5S/c1-6-40(7-2)28(24-44-37(31-17-12-13-23-43(31)40)41-38(42-44)39(3,4)5)36-27-20-22-33-35(26-15-9-11-18-32(26)46-33)34(27)30-21-19-25-14-8-10-16-29(25)45(30)36/h8-24,36H,6-7H2,1-5H3/q+2. The Bertz CT molecular complexity index is 2400. The lowest BCUT2D eigenvalue weighted by molar-refractivity contribution is -0.754. The first kappa shape index (κ1) is 27.6. The summed E-state index contributed by atoms with van der Waals surface area (Å²) in [4.78, 5) is 5.21. The van der Waals surface area contributed by atoms with Crippen LogP contribution in [0.3, 0.4) is 0 Å². The molecule has 6 heterocycles. The van der Waals surface area contributed by atoms with Gasteiger partial charge in [0, 0.05) is 79.8 Å². The fraction of sp³-hybridized carbons (Fsp3) is 0.250. The lowest BCUT2D eigenvalue weighted by atomic mass is 9.78. The minimum atomic E-state index is -0.306. The number of fused-ring (bicyclic) bond motifs is 12. The molecule has 2 aliphatic heterocycles. The van der Waals surface area contributed by atoms with E-state index in [0.717, 1.165) is 30.2 Å². The highest BCUT2D eigenvalue weighted by Crippen LogP contribution is 2.51. The minimum Gasteiger partial charge on any atom is -0.214 e. The van der Waals surface area contributed by atoms with Crippen molar-refractivity contribution in [2.75, 3.05) is 0 Å². The minimum absolute atomic E-state index is 0.0344. The molecular weight excluding hydrogens is 583 g/mol. The van der Waals surface area contributed by atoms with Crippen molar-refractivity contribution in [3.63, 3.8) is 0 Å². The smallest absolute Gasteiger partial charge is 0.214 e. The number of aromatic nitrogens is 5. The molecule has 0 radical (unpaired) electrons. The van der Waals surface area contributed by atoms with Crippen molar-refractivity contribution in [2.24, 2.45) is 0 Å². The maximum atomic E-state index is 5.21. The van der Waals surface area contributed by atoms with Crippen molar-refractivity contribution in [1.82, 2.24) is 14.8 Å². The van der Waals surface area contributed by atoms with Crippen molar-refractivity contribution >= 4 is 48.6 Å². The largest absolute Gasteiger partial charge is 0.251 e. The molecule has 1 atom stereocenters. The second kappa shape index (κ2) is 9.66. The van der Waals surface area contributed by atoms with Crippen LogP contribution in [0.15, 0.2) is 103 Å². The molecule has 9 rings (SSSR count). The van der Waals surface area contributed by atoms with Crippen molar-refractivity contribution < 1.29 is 9.13 Å². The number of hydrogen-bond acceptors (Lipinski definition) is 3. The number of allylic oxidation sites excluding steroid dienone is 1. The lowest BCUT2D eigenvalue weighted by Gasteiger charge is -2.30. The molecule has 0 spiro atoms. The van der Waals surface area contributed by atoms with E-state index in [1.54, 1.807) is 0 Å². The summed E-state index contributed by atoms with van der Waals surface area (Å²) in [6, 6.07) is 33.6. The number of benzene rings is 3. The Morgan fingerprint density at radius 3 is 2.43 bits per heavy atom. The van der Waals surface area contributed by atoms with E-state index in [4.69, 9.17) is 10.1 Å². The lowest BCUT2D eigenvalue weighted by Crippen LogP contribution is -2.60. The molecule has 0 amide bonds. The predicted octanol–water partition coefficient (Wildman–Crippen LogP) is 8.98. The molecular formula is C40H37N5S+2. The van der Waals surface area contributed by atoms with Gasteiger partial charge in [-0.2, -0.15) is 14.2 Å². The van der Waals surface area contributed by atoms with Gasteiger partial charge >= 0.3 is 0 Å². The number of thiophene rings is 1. The third kappa shape index (κ3) is 3.62. The van der Waals surface area contributed by atoms with Gasteiger partial charge in [0.1, 0.15) is 0 Å². The van der Waals surface area contributed by atoms with Crippen molar-refractivity contribution in [2.45, 2.75) is 64.5 Å². The molecule has 6 heteroatoms. The van der Waals surface area contributed by atoms with Gasteiger partial charge in [0.15, 0.2) is 17.6 Å². The summed E-state index contributed by atoms with van der Waals surface area (Å²) in [5.74, 6) is 1.75. The molecule has 0 saturated carbocycles. The van der Waals surface area contributed by atoms with Crippen LogP contribution in [0.5, 0.6) is 0 Å². The molecule has 3 aromatic carbocycles. The third-order valence-electron chi connectivity index (χ3n) is 10.4. The summed E-state index contributed by atoms with van der Waals surface area (Å²) in [6.45, 7) is 11.2. The van der Waals surface area contributed by atoms with Gasteiger partial charge in [0.25, 0.3) is 5.69 Å². The van der Waals surface area contributed by atoms with E-state index in [-0.39, 0.29) is 17.0 Å². The normalized spacial score (nSPS) is 16.6. The molecule has 0 saturated heterocycles. The van der Waals surface area contributed by atoms with E-state index < -0.39 is 0 Å². The molecule has 4 aromatic heterocycles. The van der Waals surface area contributed by atoms with E-state index in [9.17, 15) is 0 Å².